The van der Waals surface area contributed by atoms with Gasteiger partial charge in [-0.3, -0.25) is 19.9 Å². The monoisotopic (exact) mass is 430 g/mol. The summed E-state index contributed by atoms with van der Waals surface area (Å²) >= 11 is 0. The molecule has 7 nitrogen and oxygen atoms in total. The normalized spacial score (nSPS) is 18.4. The molecule has 2 N–H and O–H groups in total. The molecule has 1 atom stereocenters. The van der Waals surface area contributed by atoms with E-state index in [0.29, 0.717) is 17.9 Å². The Morgan fingerprint density at radius 3 is 2.55 bits per heavy atom. The Hall–Kier alpha value is -3.33. The molecule has 3 rings (SSSR count). The minimum Gasteiger partial charge on any atom is -0.322 e. The number of hydrogen-bond donors (Lipinski definition) is 2. The fourth-order valence-electron chi connectivity index (χ4n) is 3.40. The van der Waals surface area contributed by atoms with Crippen molar-refractivity contribution in [3.8, 4) is 0 Å². The van der Waals surface area contributed by atoms with Crippen LogP contribution < -0.4 is 10.7 Å². The number of hydrazine groups is 1. The fraction of sp³-hybridized carbons (Fsp3) is 0.318. The molecule has 0 spiro atoms. The van der Waals surface area contributed by atoms with Crippen molar-refractivity contribution in [1.29, 1.82) is 0 Å². The molecule has 0 aromatic heterocycles. The van der Waals surface area contributed by atoms with Gasteiger partial charge in [-0.2, -0.15) is 5.01 Å². The zero-order chi connectivity index (χ0) is 22.6. The molecule has 31 heavy (non-hydrogen) atoms. The van der Waals surface area contributed by atoms with Gasteiger partial charge in [0, 0.05) is 18.2 Å². The van der Waals surface area contributed by atoms with Crippen LogP contribution in [-0.2, 0) is 22.6 Å². The molecule has 1 heterocycles. The number of likely N-dealkylation sites (N-methyl/N-ethyl adjacent to an activating group) is 1. The van der Waals surface area contributed by atoms with Crippen LogP contribution in [0, 0.1) is 11.6 Å². The lowest BCUT2D eigenvalue weighted by Gasteiger charge is -2.22. The Kier molecular flexibility index (Phi) is 6.65. The fourth-order valence-corrected chi connectivity index (χ4v) is 3.40. The van der Waals surface area contributed by atoms with Crippen LogP contribution in [0.1, 0.15) is 24.5 Å². The maximum atomic E-state index is 13.8. The minimum atomic E-state index is -1.14. The average molecular weight is 430 g/mol. The summed E-state index contributed by atoms with van der Waals surface area (Å²) in [6.45, 7) is 1.47. The highest BCUT2D eigenvalue weighted by Gasteiger charge is 2.48. The van der Waals surface area contributed by atoms with Crippen LogP contribution >= 0.6 is 0 Å². The van der Waals surface area contributed by atoms with Crippen molar-refractivity contribution in [1.82, 2.24) is 20.7 Å². The number of urea groups is 1. The lowest BCUT2D eigenvalue weighted by atomic mass is 9.93. The van der Waals surface area contributed by atoms with Gasteiger partial charge in [0.25, 0.3) is 11.8 Å². The van der Waals surface area contributed by atoms with Gasteiger partial charge in [0.05, 0.1) is 6.54 Å². The molecule has 0 bridgehead atoms. The van der Waals surface area contributed by atoms with E-state index in [1.165, 1.54) is 11.0 Å². The highest BCUT2D eigenvalue weighted by molar-refractivity contribution is 6.07. The van der Waals surface area contributed by atoms with E-state index in [2.05, 4.69) is 10.7 Å². The number of imide groups is 1. The van der Waals surface area contributed by atoms with Crippen molar-refractivity contribution in [2.24, 2.45) is 0 Å². The van der Waals surface area contributed by atoms with Crippen LogP contribution in [0.15, 0.2) is 48.5 Å². The Morgan fingerprint density at radius 2 is 1.87 bits per heavy atom. The second-order valence-electron chi connectivity index (χ2n) is 7.83. The number of amides is 4. The zero-order valence-electron chi connectivity index (χ0n) is 17.3. The molecule has 1 saturated heterocycles. The van der Waals surface area contributed by atoms with Crippen LogP contribution in [0.25, 0.3) is 0 Å². The van der Waals surface area contributed by atoms with E-state index in [0.717, 1.165) is 17.7 Å². The smallest absolute Gasteiger partial charge is 0.322 e. The number of carbonyl (C=O) groups is 3. The molecule has 0 radical (unpaired) electrons. The van der Waals surface area contributed by atoms with Gasteiger partial charge in [-0.1, -0.05) is 36.4 Å². The van der Waals surface area contributed by atoms with Gasteiger partial charge >= 0.3 is 6.03 Å². The van der Waals surface area contributed by atoms with Gasteiger partial charge in [0.15, 0.2) is 0 Å². The maximum Gasteiger partial charge on any atom is 0.344 e. The molecule has 0 aliphatic carbocycles. The summed E-state index contributed by atoms with van der Waals surface area (Å²) in [5, 5.41) is 3.32. The zero-order valence-corrected chi connectivity index (χ0v) is 17.3. The quantitative estimate of drug-likeness (QED) is 0.630. The molecular weight excluding hydrogens is 406 g/mol. The molecule has 0 saturated carbocycles. The second kappa shape index (κ2) is 9.22. The molecular formula is C22H24F2N4O3. The molecule has 2 aromatic carbocycles. The summed E-state index contributed by atoms with van der Waals surface area (Å²) in [6, 6.07) is 12.1. The lowest BCUT2D eigenvalue weighted by Crippen LogP contribution is -2.51. The van der Waals surface area contributed by atoms with Gasteiger partial charge in [-0.15, -0.1) is 0 Å². The molecule has 1 aliphatic rings. The van der Waals surface area contributed by atoms with E-state index in [4.69, 9.17) is 0 Å². The van der Waals surface area contributed by atoms with Crippen molar-refractivity contribution >= 4 is 17.8 Å². The maximum absolute atomic E-state index is 13.8. The van der Waals surface area contributed by atoms with Crippen LogP contribution in [-0.4, -0.2) is 46.9 Å². The van der Waals surface area contributed by atoms with Gasteiger partial charge in [-0.25, -0.2) is 13.6 Å². The molecule has 9 heteroatoms. The predicted octanol–water partition coefficient (Wildman–Crippen LogP) is 2.37. The Morgan fingerprint density at radius 1 is 1.16 bits per heavy atom. The summed E-state index contributed by atoms with van der Waals surface area (Å²) < 4.78 is 26.8. The van der Waals surface area contributed by atoms with Crippen LogP contribution in [0.4, 0.5) is 13.6 Å². The van der Waals surface area contributed by atoms with E-state index in [-0.39, 0.29) is 18.7 Å². The number of halogens is 2. The van der Waals surface area contributed by atoms with Crippen LogP contribution in [0.5, 0.6) is 0 Å². The first-order valence-electron chi connectivity index (χ1n) is 9.80. The Labute approximate surface area is 179 Å². The summed E-state index contributed by atoms with van der Waals surface area (Å²) in [7, 11) is 1.57. The highest BCUT2D eigenvalue weighted by atomic mass is 19.1. The van der Waals surface area contributed by atoms with E-state index < -0.39 is 35.0 Å². The summed E-state index contributed by atoms with van der Waals surface area (Å²) in [5.74, 6) is -2.55. The third kappa shape index (κ3) is 5.43. The Bertz CT molecular complexity index is 986. The molecule has 1 fully saturated rings. The van der Waals surface area contributed by atoms with E-state index >= 15 is 0 Å². The first-order valence-corrected chi connectivity index (χ1v) is 9.80. The SMILES string of the molecule is CN(CC(=O)NN1C(=O)NC(C)(CCc2ccccc2)C1=O)Cc1ccc(F)cc1F. The average Bonchev–Trinajstić information content (AvgIpc) is 2.93. The Balaban J connectivity index is 1.55. The van der Waals surface area contributed by atoms with Crippen molar-refractivity contribution < 1.29 is 23.2 Å². The summed E-state index contributed by atoms with van der Waals surface area (Å²) in [4.78, 5) is 38.9. The first-order chi connectivity index (χ1) is 14.7. The van der Waals surface area contributed by atoms with Gasteiger partial charge < -0.3 is 5.32 Å². The number of nitrogens with zero attached hydrogens (tertiary/aromatic N) is 2. The van der Waals surface area contributed by atoms with E-state index in [1.54, 1.807) is 14.0 Å². The second-order valence-corrected chi connectivity index (χ2v) is 7.83. The molecule has 4 amide bonds. The molecule has 2 aromatic rings. The van der Waals surface area contributed by atoms with Crippen LogP contribution in [0.2, 0.25) is 0 Å². The van der Waals surface area contributed by atoms with Gasteiger partial charge in [0.1, 0.15) is 17.2 Å². The van der Waals surface area contributed by atoms with E-state index in [1.807, 2.05) is 30.3 Å². The van der Waals surface area contributed by atoms with Crippen molar-refractivity contribution in [3.63, 3.8) is 0 Å². The molecule has 1 unspecified atom stereocenters. The minimum absolute atomic E-state index is 0.0501. The number of rotatable bonds is 8. The van der Waals surface area contributed by atoms with Crippen molar-refractivity contribution in [3.05, 3.63) is 71.3 Å². The molecule has 1 aliphatic heterocycles. The predicted molar refractivity (Wildman–Crippen MR) is 109 cm³/mol. The largest absolute Gasteiger partial charge is 0.344 e. The lowest BCUT2D eigenvalue weighted by molar-refractivity contribution is -0.139. The number of hydrogen-bond acceptors (Lipinski definition) is 4. The topological polar surface area (TPSA) is 81.8 Å². The van der Waals surface area contributed by atoms with Crippen molar-refractivity contribution in [2.45, 2.75) is 31.8 Å². The van der Waals surface area contributed by atoms with Crippen molar-refractivity contribution in [2.75, 3.05) is 13.6 Å². The third-order valence-corrected chi connectivity index (χ3v) is 5.12. The first kappa shape index (κ1) is 22.4. The number of aryl methyl sites for hydroxylation is 1. The highest BCUT2D eigenvalue weighted by Crippen LogP contribution is 2.22. The van der Waals surface area contributed by atoms with Gasteiger partial charge in [-0.05, 0) is 38.4 Å². The van der Waals surface area contributed by atoms with Crippen LogP contribution in [0.3, 0.4) is 0 Å². The van der Waals surface area contributed by atoms with Gasteiger partial charge in [0.2, 0.25) is 0 Å². The number of benzene rings is 2. The number of carbonyl (C=O) groups excluding carboxylic acids is 3. The summed E-state index contributed by atoms with van der Waals surface area (Å²) in [5.41, 5.74) is 2.43. The third-order valence-electron chi connectivity index (χ3n) is 5.12. The van der Waals surface area contributed by atoms with E-state index in [9.17, 15) is 23.2 Å². The standard InChI is InChI=1S/C22H24F2N4O3/c1-22(11-10-15-6-4-3-5-7-15)20(30)28(21(31)25-22)26-19(29)14-27(2)13-16-8-9-17(23)12-18(16)24/h3-9,12H,10-11,13-14H2,1-2H3,(H,25,31)(H,26,29). The summed E-state index contributed by atoms with van der Waals surface area (Å²) in [6.07, 6.45) is 0.953. The molecule has 164 valence electrons. The number of nitrogens with one attached hydrogen (secondary N) is 2.